The molecule has 1 aliphatic heterocycles. The molecule has 0 unspecified atom stereocenters. The maximum Gasteiger partial charge on any atom is 0.172 e. The fraction of sp³-hybridized carbons (Fsp3) is 0.538. The Morgan fingerprint density at radius 2 is 2.22 bits per heavy atom. The third kappa shape index (κ3) is 3.37. The highest BCUT2D eigenvalue weighted by molar-refractivity contribution is 9.10. The lowest BCUT2D eigenvalue weighted by molar-refractivity contribution is 0.140. The van der Waals surface area contributed by atoms with E-state index in [0.717, 1.165) is 44.8 Å². The summed E-state index contributed by atoms with van der Waals surface area (Å²) in [5, 5.41) is 9.77. The summed E-state index contributed by atoms with van der Waals surface area (Å²) in [6, 6.07) is 3.81. The van der Waals surface area contributed by atoms with Crippen LogP contribution in [0.15, 0.2) is 16.6 Å². The van der Waals surface area contributed by atoms with E-state index in [0.29, 0.717) is 10.2 Å². The Bertz CT molecular complexity index is 403. The maximum atomic E-state index is 9.77. The van der Waals surface area contributed by atoms with Crippen molar-refractivity contribution in [2.24, 2.45) is 0 Å². The summed E-state index contributed by atoms with van der Waals surface area (Å²) in [7, 11) is 1.56. The summed E-state index contributed by atoms with van der Waals surface area (Å²) in [5.74, 6) is 0.658. The molecule has 1 aromatic carbocycles. The third-order valence-corrected chi connectivity index (χ3v) is 3.63. The lowest BCUT2D eigenvalue weighted by atomic mass is 10.2. The highest BCUT2D eigenvalue weighted by Crippen LogP contribution is 2.35. The molecule has 0 spiro atoms. The van der Waals surface area contributed by atoms with Gasteiger partial charge in [-0.05, 0) is 40.0 Å². The van der Waals surface area contributed by atoms with Crippen LogP contribution < -0.4 is 4.74 Å². The predicted octanol–water partition coefficient (Wildman–Crippen LogP) is 2.39. The molecule has 0 aliphatic carbocycles. The second-order valence-electron chi connectivity index (χ2n) is 4.37. The zero-order valence-corrected chi connectivity index (χ0v) is 12.1. The van der Waals surface area contributed by atoms with Crippen molar-refractivity contribution in [3.05, 3.63) is 22.2 Å². The van der Waals surface area contributed by atoms with Crippen LogP contribution in [0.4, 0.5) is 0 Å². The van der Waals surface area contributed by atoms with Crippen molar-refractivity contribution in [3.8, 4) is 11.5 Å². The molecule has 18 heavy (non-hydrogen) atoms. The molecule has 2 rings (SSSR count). The van der Waals surface area contributed by atoms with E-state index in [1.165, 1.54) is 0 Å². The zero-order chi connectivity index (χ0) is 13.0. The monoisotopic (exact) mass is 315 g/mol. The van der Waals surface area contributed by atoms with Crippen molar-refractivity contribution >= 4 is 15.9 Å². The fourth-order valence-corrected chi connectivity index (χ4v) is 2.58. The van der Waals surface area contributed by atoms with Gasteiger partial charge in [-0.15, -0.1) is 0 Å². The van der Waals surface area contributed by atoms with E-state index in [1.54, 1.807) is 7.11 Å². The van der Waals surface area contributed by atoms with Gasteiger partial charge in [-0.1, -0.05) is 0 Å². The lowest BCUT2D eigenvalue weighted by Crippen LogP contribution is -2.25. The van der Waals surface area contributed by atoms with Gasteiger partial charge in [0.25, 0.3) is 0 Å². The van der Waals surface area contributed by atoms with E-state index in [4.69, 9.17) is 9.47 Å². The number of phenolic OH excluding ortho intramolecular Hbond substituents is 1. The molecule has 0 aromatic heterocycles. The molecule has 4 nitrogen and oxygen atoms in total. The van der Waals surface area contributed by atoms with Crippen molar-refractivity contribution in [1.82, 2.24) is 4.90 Å². The van der Waals surface area contributed by atoms with Gasteiger partial charge in [-0.2, -0.15) is 0 Å². The molecule has 1 saturated heterocycles. The SMILES string of the molecule is COc1cc(CN2CCCOCC2)cc(Br)c1O. The second-order valence-corrected chi connectivity index (χ2v) is 5.22. The summed E-state index contributed by atoms with van der Waals surface area (Å²) in [5.41, 5.74) is 1.12. The number of ether oxygens (including phenoxy) is 2. The Labute approximate surface area is 116 Å². The standard InChI is InChI=1S/C13H18BrNO3/c1-17-12-8-10(7-11(14)13(12)16)9-15-3-2-5-18-6-4-15/h7-8,16H,2-6,9H2,1H3. The summed E-state index contributed by atoms with van der Waals surface area (Å²) in [6.45, 7) is 4.47. The van der Waals surface area contributed by atoms with Gasteiger partial charge in [0, 0.05) is 26.2 Å². The molecule has 0 amide bonds. The molecule has 1 N–H and O–H groups in total. The number of benzene rings is 1. The van der Waals surface area contributed by atoms with Crippen LogP contribution in [0.3, 0.4) is 0 Å². The molecule has 0 bridgehead atoms. The molecule has 1 aliphatic rings. The van der Waals surface area contributed by atoms with E-state index in [2.05, 4.69) is 20.8 Å². The van der Waals surface area contributed by atoms with Crippen LogP contribution in [-0.2, 0) is 11.3 Å². The lowest BCUT2D eigenvalue weighted by Gasteiger charge is -2.19. The molecular weight excluding hydrogens is 298 g/mol. The van der Waals surface area contributed by atoms with E-state index in [1.807, 2.05) is 12.1 Å². The number of hydrogen-bond acceptors (Lipinski definition) is 4. The minimum Gasteiger partial charge on any atom is -0.503 e. The number of rotatable bonds is 3. The fourth-order valence-electron chi connectivity index (χ4n) is 2.09. The largest absolute Gasteiger partial charge is 0.503 e. The highest BCUT2D eigenvalue weighted by atomic mass is 79.9. The first kappa shape index (κ1) is 13.6. The molecule has 100 valence electrons. The smallest absolute Gasteiger partial charge is 0.172 e. The molecule has 5 heteroatoms. The minimum absolute atomic E-state index is 0.153. The molecule has 0 radical (unpaired) electrons. The second kappa shape index (κ2) is 6.41. The van der Waals surface area contributed by atoms with Gasteiger partial charge in [-0.3, -0.25) is 4.90 Å². The van der Waals surface area contributed by atoms with Crippen LogP contribution in [0.2, 0.25) is 0 Å². The van der Waals surface area contributed by atoms with Gasteiger partial charge in [0.1, 0.15) is 0 Å². The number of hydrogen-bond donors (Lipinski definition) is 1. The van der Waals surface area contributed by atoms with Crippen LogP contribution in [0.1, 0.15) is 12.0 Å². The Kier molecular flexibility index (Phi) is 4.86. The highest BCUT2D eigenvalue weighted by Gasteiger charge is 2.13. The van der Waals surface area contributed by atoms with Crippen molar-refractivity contribution < 1.29 is 14.6 Å². The summed E-state index contributed by atoms with van der Waals surface area (Å²) < 4.78 is 11.3. The molecule has 0 atom stereocenters. The van der Waals surface area contributed by atoms with Gasteiger partial charge in [-0.25, -0.2) is 0 Å². The number of nitrogens with zero attached hydrogens (tertiary/aromatic N) is 1. The first-order valence-electron chi connectivity index (χ1n) is 6.06. The summed E-state index contributed by atoms with van der Waals surface area (Å²) in [6.07, 6.45) is 1.07. The first-order valence-corrected chi connectivity index (χ1v) is 6.85. The van der Waals surface area contributed by atoms with E-state index >= 15 is 0 Å². The number of halogens is 1. The van der Waals surface area contributed by atoms with Crippen LogP contribution in [0.25, 0.3) is 0 Å². The normalized spacial score (nSPS) is 17.4. The van der Waals surface area contributed by atoms with Gasteiger partial charge in [0.2, 0.25) is 0 Å². The van der Waals surface area contributed by atoms with Crippen molar-refractivity contribution in [3.63, 3.8) is 0 Å². The minimum atomic E-state index is 0.153. The number of methoxy groups -OCH3 is 1. The molecule has 1 fully saturated rings. The number of aromatic hydroxyl groups is 1. The van der Waals surface area contributed by atoms with Crippen LogP contribution in [0, 0.1) is 0 Å². The number of phenols is 1. The van der Waals surface area contributed by atoms with Gasteiger partial charge < -0.3 is 14.6 Å². The summed E-state index contributed by atoms with van der Waals surface area (Å²) >= 11 is 3.34. The third-order valence-electron chi connectivity index (χ3n) is 3.03. The molecule has 0 saturated carbocycles. The average Bonchev–Trinajstić information content (AvgIpc) is 2.62. The van der Waals surface area contributed by atoms with E-state index < -0.39 is 0 Å². The van der Waals surface area contributed by atoms with Gasteiger partial charge in [0.15, 0.2) is 11.5 Å². The predicted molar refractivity (Wildman–Crippen MR) is 73.1 cm³/mol. The van der Waals surface area contributed by atoms with Crippen molar-refractivity contribution in [2.75, 3.05) is 33.4 Å². The Morgan fingerprint density at radius 1 is 1.39 bits per heavy atom. The topological polar surface area (TPSA) is 41.9 Å². The molecular formula is C13H18BrNO3. The Balaban J connectivity index is 2.10. The average molecular weight is 316 g/mol. The van der Waals surface area contributed by atoms with Gasteiger partial charge in [0.05, 0.1) is 18.2 Å². The van der Waals surface area contributed by atoms with Crippen LogP contribution in [0.5, 0.6) is 11.5 Å². The van der Waals surface area contributed by atoms with E-state index in [-0.39, 0.29) is 5.75 Å². The maximum absolute atomic E-state index is 9.77. The molecule has 1 heterocycles. The first-order chi connectivity index (χ1) is 8.70. The van der Waals surface area contributed by atoms with Crippen LogP contribution in [-0.4, -0.2) is 43.4 Å². The van der Waals surface area contributed by atoms with Crippen LogP contribution >= 0.6 is 15.9 Å². The summed E-state index contributed by atoms with van der Waals surface area (Å²) in [4.78, 5) is 2.35. The quantitative estimate of drug-likeness (QED) is 0.930. The Morgan fingerprint density at radius 3 is 3.00 bits per heavy atom. The zero-order valence-electron chi connectivity index (χ0n) is 10.5. The molecule has 1 aromatic rings. The van der Waals surface area contributed by atoms with E-state index in [9.17, 15) is 5.11 Å². The van der Waals surface area contributed by atoms with Crippen molar-refractivity contribution in [1.29, 1.82) is 0 Å². The van der Waals surface area contributed by atoms with Gasteiger partial charge >= 0.3 is 0 Å². The van der Waals surface area contributed by atoms with Crippen molar-refractivity contribution in [2.45, 2.75) is 13.0 Å². The Hall–Kier alpha value is -0.780.